The number of nitrogen functional groups attached to an aromatic ring is 1. The van der Waals surface area contributed by atoms with Gasteiger partial charge in [0.15, 0.2) is 11.5 Å². The molecule has 5 heteroatoms. The largest absolute Gasteiger partial charge is 0.504 e. The van der Waals surface area contributed by atoms with Gasteiger partial charge in [0.1, 0.15) is 0 Å². The minimum atomic E-state index is -0.304. The van der Waals surface area contributed by atoms with Gasteiger partial charge in [-0.3, -0.25) is 4.79 Å². The van der Waals surface area contributed by atoms with Crippen LogP contribution < -0.4 is 15.8 Å². The van der Waals surface area contributed by atoms with Crippen LogP contribution in [-0.2, 0) is 4.79 Å². The zero-order chi connectivity index (χ0) is 15.2. The van der Waals surface area contributed by atoms with Crippen molar-refractivity contribution in [2.45, 2.75) is 0 Å². The van der Waals surface area contributed by atoms with E-state index in [2.05, 4.69) is 5.32 Å². The molecule has 2 aromatic rings. The molecule has 0 saturated heterocycles. The summed E-state index contributed by atoms with van der Waals surface area (Å²) in [6.45, 7) is 0. The van der Waals surface area contributed by atoms with Crippen LogP contribution in [0, 0.1) is 0 Å². The number of methoxy groups -OCH3 is 1. The molecule has 0 fully saturated rings. The molecule has 0 aliphatic carbocycles. The van der Waals surface area contributed by atoms with Gasteiger partial charge >= 0.3 is 0 Å². The Labute approximate surface area is 122 Å². The van der Waals surface area contributed by atoms with Gasteiger partial charge in [0.2, 0.25) is 5.91 Å². The highest BCUT2D eigenvalue weighted by molar-refractivity contribution is 6.02. The molecule has 0 aromatic heterocycles. The highest BCUT2D eigenvalue weighted by Gasteiger charge is 2.04. The number of nitrogens with one attached hydrogen (secondary N) is 1. The van der Waals surface area contributed by atoms with Crippen molar-refractivity contribution in [1.29, 1.82) is 0 Å². The Balaban J connectivity index is 2.03. The number of phenols is 1. The molecule has 5 nitrogen and oxygen atoms in total. The van der Waals surface area contributed by atoms with Crippen molar-refractivity contribution < 1.29 is 14.6 Å². The number of nitrogens with two attached hydrogens (primary N) is 1. The van der Waals surface area contributed by atoms with Crippen LogP contribution >= 0.6 is 0 Å². The molecule has 0 unspecified atom stereocenters. The molecule has 2 rings (SSSR count). The van der Waals surface area contributed by atoms with Crippen molar-refractivity contribution in [3.63, 3.8) is 0 Å². The highest BCUT2D eigenvalue weighted by atomic mass is 16.5. The van der Waals surface area contributed by atoms with Gasteiger partial charge < -0.3 is 20.9 Å². The molecule has 0 heterocycles. The SMILES string of the molecule is COc1ccc(NC(=O)/C=C/c2cccc(N)c2)cc1O. The Morgan fingerprint density at radius 1 is 1.29 bits per heavy atom. The maximum absolute atomic E-state index is 11.8. The number of rotatable bonds is 4. The fraction of sp³-hybridized carbons (Fsp3) is 0.0625. The zero-order valence-electron chi connectivity index (χ0n) is 11.5. The third-order valence-electron chi connectivity index (χ3n) is 2.78. The molecule has 0 saturated carbocycles. The Morgan fingerprint density at radius 3 is 2.76 bits per heavy atom. The Bertz CT molecular complexity index is 681. The first kappa shape index (κ1) is 14.5. The first-order chi connectivity index (χ1) is 10.1. The standard InChI is InChI=1S/C16H16N2O3/c1-21-15-7-6-13(10-14(15)19)18-16(20)8-5-11-3-2-4-12(17)9-11/h2-10,19H,17H2,1H3,(H,18,20)/b8-5+. The first-order valence-electron chi connectivity index (χ1n) is 6.30. The van der Waals surface area contributed by atoms with E-state index in [1.807, 2.05) is 12.1 Å². The van der Waals surface area contributed by atoms with E-state index in [1.165, 1.54) is 19.3 Å². The Hall–Kier alpha value is -2.95. The molecular formula is C16H16N2O3. The number of ether oxygens (including phenoxy) is 1. The second-order valence-corrected chi connectivity index (χ2v) is 4.38. The Morgan fingerprint density at radius 2 is 2.10 bits per heavy atom. The summed E-state index contributed by atoms with van der Waals surface area (Å²) >= 11 is 0. The molecule has 2 aromatic carbocycles. The van der Waals surface area contributed by atoms with Gasteiger partial charge in [0, 0.05) is 23.5 Å². The lowest BCUT2D eigenvalue weighted by Gasteiger charge is -2.06. The molecule has 1 amide bonds. The Kier molecular flexibility index (Phi) is 4.46. The number of amides is 1. The molecule has 0 bridgehead atoms. The van der Waals surface area contributed by atoms with Crippen molar-refractivity contribution in [3.8, 4) is 11.5 Å². The maximum Gasteiger partial charge on any atom is 0.248 e. The van der Waals surface area contributed by atoms with E-state index in [9.17, 15) is 9.90 Å². The first-order valence-corrected chi connectivity index (χ1v) is 6.30. The number of phenolic OH excluding ortho intramolecular Hbond substituents is 1. The topological polar surface area (TPSA) is 84.6 Å². The van der Waals surface area contributed by atoms with Crippen LogP contribution in [0.4, 0.5) is 11.4 Å². The van der Waals surface area contributed by atoms with Crippen LogP contribution in [0.15, 0.2) is 48.5 Å². The van der Waals surface area contributed by atoms with Crippen LogP contribution in [0.25, 0.3) is 6.08 Å². The molecule has 108 valence electrons. The average molecular weight is 284 g/mol. The van der Waals surface area contributed by atoms with E-state index in [0.717, 1.165) is 5.56 Å². The van der Waals surface area contributed by atoms with Crippen molar-refractivity contribution >= 4 is 23.4 Å². The summed E-state index contributed by atoms with van der Waals surface area (Å²) in [6, 6.07) is 11.8. The lowest BCUT2D eigenvalue weighted by Crippen LogP contribution is -2.07. The second kappa shape index (κ2) is 6.47. The second-order valence-electron chi connectivity index (χ2n) is 4.38. The molecule has 0 spiro atoms. The molecule has 0 aliphatic heterocycles. The number of anilines is 2. The van der Waals surface area contributed by atoms with Gasteiger partial charge in [0.05, 0.1) is 7.11 Å². The number of benzene rings is 2. The van der Waals surface area contributed by atoms with Crippen LogP contribution in [-0.4, -0.2) is 18.1 Å². The summed E-state index contributed by atoms with van der Waals surface area (Å²) in [5, 5.41) is 12.3. The quantitative estimate of drug-likeness (QED) is 0.595. The number of aromatic hydroxyl groups is 1. The van der Waals surface area contributed by atoms with Crippen LogP contribution in [0.3, 0.4) is 0 Å². The van der Waals surface area contributed by atoms with Crippen molar-refractivity contribution in [1.82, 2.24) is 0 Å². The fourth-order valence-corrected chi connectivity index (χ4v) is 1.79. The monoisotopic (exact) mass is 284 g/mol. The molecule has 0 atom stereocenters. The van der Waals surface area contributed by atoms with E-state index in [0.29, 0.717) is 17.1 Å². The molecule has 21 heavy (non-hydrogen) atoms. The summed E-state index contributed by atoms with van der Waals surface area (Å²) in [6.07, 6.45) is 3.06. The molecular weight excluding hydrogens is 268 g/mol. The number of hydrogen-bond acceptors (Lipinski definition) is 4. The zero-order valence-corrected chi connectivity index (χ0v) is 11.5. The normalized spacial score (nSPS) is 10.5. The smallest absolute Gasteiger partial charge is 0.248 e. The number of carbonyl (C=O) groups is 1. The predicted octanol–water partition coefficient (Wildman–Crippen LogP) is 2.63. The summed E-state index contributed by atoms with van der Waals surface area (Å²) in [4.78, 5) is 11.8. The minimum absolute atomic E-state index is 0.0323. The summed E-state index contributed by atoms with van der Waals surface area (Å²) in [5.74, 6) is 0.0143. The average Bonchev–Trinajstić information content (AvgIpc) is 2.45. The van der Waals surface area contributed by atoms with Gasteiger partial charge in [-0.2, -0.15) is 0 Å². The lowest BCUT2D eigenvalue weighted by atomic mass is 10.2. The van der Waals surface area contributed by atoms with Crippen molar-refractivity contribution in [3.05, 3.63) is 54.1 Å². The van der Waals surface area contributed by atoms with Gasteiger partial charge in [-0.15, -0.1) is 0 Å². The van der Waals surface area contributed by atoms with Gasteiger partial charge in [0.25, 0.3) is 0 Å². The summed E-state index contributed by atoms with van der Waals surface area (Å²) < 4.78 is 4.93. The molecule has 0 aliphatic rings. The third-order valence-corrected chi connectivity index (χ3v) is 2.78. The van der Waals surface area contributed by atoms with Gasteiger partial charge in [-0.1, -0.05) is 12.1 Å². The van der Waals surface area contributed by atoms with Gasteiger partial charge in [-0.25, -0.2) is 0 Å². The predicted molar refractivity (Wildman–Crippen MR) is 83.2 cm³/mol. The van der Waals surface area contributed by atoms with Crippen LogP contribution in [0.1, 0.15) is 5.56 Å². The van der Waals surface area contributed by atoms with Crippen molar-refractivity contribution in [2.24, 2.45) is 0 Å². The van der Waals surface area contributed by atoms with E-state index >= 15 is 0 Å². The number of carbonyl (C=O) groups excluding carboxylic acids is 1. The van der Waals surface area contributed by atoms with E-state index in [-0.39, 0.29) is 11.7 Å². The summed E-state index contributed by atoms with van der Waals surface area (Å²) in [5.41, 5.74) is 7.61. The van der Waals surface area contributed by atoms with Crippen molar-refractivity contribution in [2.75, 3.05) is 18.2 Å². The third kappa shape index (κ3) is 4.01. The van der Waals surface area contributed by atoms with E-state index in [1.54, 1.807) is 30.3 Å². The molecule has 0 radical (unpaired) electrons. The minimum Gasteiger partial charge on any atom is -0.504 e. The van der Waals surface area contributed by atoms with E-state index in [4.69, 9.17) is 10.5 Å². The highest BCUT2D eigenvalue weighted by Crippen LogP contribution is 2.28. The van der Waals surface area contributed by atoms with Gasteiger partial charge in [-0.05, 0) is 35.9 Å². The van der Waals surface area contributed by atoms with Crippen LogP contribution in [0.2, 0.25) is 0 Å². The lowest BCUT2D eigenvalue weighted by molar-refractivity contribution is -0.111. The fourth-order valence-electron chi connectivity index (χ4n) is 1.79. The van der Waals surface area contributed by atoms with Crippen LogP contribution in [0.5, 0.6) is 11.5 Å². The molecule has 4 N–H and O–H groups in total. The van der Waals surface area contributed by atoms with E-state index < -0.39 is 0 Å². The summed E-state index contributed by atoms with van der Waals surface area (Å²) in [7, 11) is 1.46. The maximum atomic E-state index is 11.8. The number of hydrogen-bond donors (Lipinski definition) is 3.